The fourth-order valence-corrected chi connectivity index (χ4v) is 1.64. The molecule has 0 spiro atoms. The van der Waals surface area contributed by atoms with Crippen molar-refractivity contribution in [2.45, 2.75) is 25.1 Å². The van der Waals surface area contributed by atoms with Crippen LogP contribution in [0.4, 0.5) is 18.9 Å². The minimum atomic E-state index is -4.38. The van der Waals surface area contributed by atoms with Crippen LogP contribution in [-0.4, -0.2) is 34.6 Å². The number of halogens is 3. The second-order valence-corrected chi connectivity index (χ2v) is 4.13. The van der Waals surface area contributed by atoms with Crippen molar-refractivity contribution in [3.05, 3.63) is 18.0 Å². The molecular weight excluding hydrogens is 235 g/mol. The molecule has 1 aliphatic carbocycles. The van der Waals surface area contributed by atoms with E-state index in [-0.39, 0.29) is 11.7 Å². The average Bonchev–Trinajstić information content (AvgIpc) is 2.96. The van der Waals surface area contributed by atoms with Crippen molar-refractivity contribution in [1.29, 1.82) is 0 Å². The summed E-state index contributed by atoms with van der Waals surface area (Å²) < 4.78 is 37.0. The van der Waals surface area contributed by atoms with Gasteiger partial charge in [0.05, 0.1) is 0 Å². The molecule has 1 fully saturated rings. The number of nitrogens with two attached hydrogens (primary N) is 1. The Labute approximate surface area is 95.6 Å². The molecule has 1 saturated carbocycles. The van der Waals surface area contributed by atoms with Crippen molar-refractivity contribution in [1.82, 2.24) is 9.88 Å². The maximum atomic E-state index is 12.3. The highest BCUT2D eigenvalue weighted by Crippen LogP contribution is 2.31. The van der Waals surface area contributed by atoms with Crippen molar-refractivity contribution in [3.63, 3.8) is 0 Å². The van der Waals surface area contributed by atoms with Crippen LogP contribution < -0.4 is 5.73 Å². The summed E-state index contributed by atoms with van der Waals surface area (Å²) in [6.07, 6.45) is -1.75. The normalized spacial score (nSPS) is 15.9. The second kappa shape index (κ2) is 3.97. The lowest BCUT2D eigenvalue weighted by atomic mass is 10.3. The molecule has 2 rings (SSSR count). The predicted molar refractivity (Wildman–Crippen MR) is 55.3 cm³/mol. The molecule has 1 aromatic rings. The molecule has 0 unspecified atom stereocenters. The molecule has 0 saturated heterocycles. The van der Waals surface area contributed by atoms with Crippen molar-refractivity contribution < 1.29 is 18.0 Å². The average molecular weight is 247 g/mol. The van der Waals surface area contributed by atoms with Crippen molar-refractivity contribution in [2.75, 3.05) is 12.3 Å². The van der Waals surface area contributed by atoms with Crippen molar-refractivity contribution in [3.8, 4) is 0 Å². The highest BCUT2D eigenvalue weighted by molar-refractivity contribution is 5.93. The number of nitrogen functional groups attached to an aromatic ring is 1. The van der Waals surface area contributed by atoms with E-state index >= 15 is 0 Å². The lowest BCUT2D eigenvalue weighted by Gasteiger charge is -2.23. The fraction of sp³-hybridized carbons (Fsp3) is 0.500. The van der Waals surface area contributed by atoms with E-state index in [0.717, 1.165) is 4.90 Å². The summed E-state index contributed by atoms with van der Waals surface area (Å²) in [6, 6.07) is 1.04. The van der Waals surface area contributed by atoms with E-state index in [0.29, 0.717) is 18.5 Å². The van der Waals surface area contributed by atoms with Gasteiger partial charge in [-0.3, -0.25) is 4.79 Å². The lowest BCUT2D eigenvalue weighted by molar-refractivity contribution is -0.141. The summed E-state index contributed by atoms with van der Waals surface area (Å²) >= 11 is 0. The number of aromatic nitrogens is 1. The smallest absolute Gasteiger partial charge is 0.397 e. The molecule has 0 atom stereocenters. The van der Waals surface area contributed by atoms with Gasteiger partial charge in [-0.15, -0.1) is 0 Å². The van der Waals surface area contributed by atoms with Gasteiger partial charge in [0.2, 0.25) is 0 Å². The zero-order valence-corrected chi connectivity index (χ0v) is 8.92. The van der Waals surface area contributed by atoms with Gasteiger partial charge >= 0.3 is 6.18 Å². The number of hydrogen-bond donors (Lipinski definition) is 2. The Morgan fingerprint density at radius 2 is 2.18 bits per heavy atom. The number of hydrogen-bond acceptors (Lipinski definition) is 2. The predicted octanol–water partition coefficient (Wildman–Crippen LogP) is 1.76. The monoisotopic (exact) mass is 247 g/mol. The van der Waals surface area contributed by atoms with Crippen LogP contribution in [0.3, 0.4) is 0 Å². The van der Waals surface area contributed by atoms with Gasteiger partial charge in [-0.05, 0) is 18.9 Å². The summed E-state index contributed by atoms with van der Waals surface area (Å²) in [7, 11) is 0. The fourth-order valence-electron chi connectivity index (χ4n) is 1.64. The zero-order chi connectivity index (χ0) is 12.6. The standard InChI is InChI=1S/C10H12F3N3O/c11-10(12,13)5-16(7-1-2-7)9(17)8-3-6(14)4-15-8/h3-4,7,15H,1-2,5,14H2. The van der Waals surface area contributed by atoms with Crippen molar-refractivity contribution >= 4 is 11.6 Å². The Bertz CT molecular complexity index is 423. The topological polar surface area (TPSA) is 62.1 Å². The molecule has 1 heterocycles. The molecule has 0 bridgehead atoms. The molecule has 0 aliphatic heterocycles. The first kappa shape index (κ1) is 11.8. The van der Waals surface area contributed by atoms with E-state index in [1.54, 1.807) is 0 Å². The summed E-state index contributed by atoms with van der Waals surface area (Å²) in [5.74, 6) is -0.651. The van der Waals surface area contributed by atoms with Crippen molar-refractivity contribution in [2.24, 2.45) is 0 Å². The Hall–Kier alpha value is -1.66. The Morgan fingerprint density at radius 3 is 2.59 bits per heavy atom. The number of anilines is 1. The molecule has 3 N–H and O–H groups in total. The summed E-state index contributed by atoms with van der Waals surface area (Å²) in [5, 5.41) is 0. The van der Waals surface area contributed by atoms with Crippen LogP contribution in [0.5, 0.6) is 0 Å². The molecule has 0 radical (unpaired) electrons. The van der Waals surface area contributed by atoms with Crippen LogP contribution in [0.1, 0.15) is 23.3 Å². The van der Waals surface area contributed by atoms with E-state index in [1.807, 2.05) is 0 Å². The number of H-pyrrole nitrogens is 1. The third-order valence-corrected chi connectivity index (χ3v) is 2.53. The Morgan fingerprint density at radius 1 is 1.53 bits per heavy atom. The Balaban J connectivity index is 2.13. The van der Waals surface area contributed by atoms with Crippen LogP contribution in [0.15, 0.2) is 12.3 Å². The highest BCUT2D eigenvalue weighted by atomic mass is 19.4. The molecule has 94 valence electrons. The molecule has 0 aromatic carbocycles. The molecular formula is C10H12F3N3O. The highest BCUT2D eigenvalue weighted by Gasteiger charge is 2.41. The van der Waals surface area contributed by atoms with E-state index in [1.165, 1.54) is 12.3 Å². The van der Waals surface area contributed by atoms with E-state index in [2.05, 4.69) is 4.98 Å². The Kier molecular flexibility index (Phi) is 2.76. The van der Waals surface area contributed by atoms with Crippen LogP contribution in [0, 0.1) is 0 Å². The van der Waals surface area contributed by atoms with Gasteiger partial charge in [0, 0.05) is 17.9 Å². The van der Waals surface area contributed by atoms with Crippen LogP contribution >= 0.6 is 0 Å². The zero-order valence-electron chi connectivity index (χ0n) is 8.92. The number of nitrogens with zero attached hydrogens (tertiary/aromatic N) is 1. The van der Waals surface area contributed by atoms with Crippen LogP contribution in [-0.2, 0) is 0 Å². The van der Waals surface area contributed by atoms with Gasteiger partial charge in [-0.2, -0.15) is 13.2 Å². The third kappa shape index (κ3) is 2.92. The van der Waals surface area contributed by atoms with E-state index < -0.39 is 18.6 Å². The number of amides is 1. The first-order valence-electron chi connectivity index (χ1n) is 5.18. The summed E-state index contributed by atoms with van der Waals surface area (Å²) in [4.78, 5) is 15.3. The molecule has 4 nitrogen and oxygen atoms in total. The minimum Gasteiger partial charge on any atom is -0.397 e. The molecule has 1 aliphatic rings. The maximum Gasteiger partial charge on any atom is 0.406 e. The largest absolute Gasteiger partial charge is 0.406 e. The minimum absolute atomic E-state index is 0.0960. The van der Waals surface area contributed by atoms with Crippen LogP contribution in [0.25, 0.3) is 0 Å². The third-order valence-electron chi connectivity index (χ3n) is 2.53. The number of rotatable bonds is 3. The van der Waals surface area contributed by atoms with Gasteiger partial charge in [-0.1, -0.05) is 0 Å². The number of carbonyl (C=O) groups excluding carboxylic acids is 1. The quantitative estimate of drug-likeness (QED) is 0.855. The SMILES string of the molecule is Nc1c[nH]c(C(=O)N(CC(F)(F)F)C2CC2)c1. The number of aromatic amines is 1. The summed E-state index contributed by atoms with van der Waals surface area (Å²) in [6.45, 7) is -1.21. The van der Waals surface area contributed by atoms with Gasteiger partial charge in [-0.25, -0.2) is 0 Å². The number of alkyl halides is 3. The summed E-state index contributed by atoms with van der Waals surface area (Å²) in [5.41, 5.74) is 5.84. The number of carbonyl (C=O) groups is 1. The van der Waals surface area contributed by atoms with E-state index in [4.69, 9.17) is 5.73 Å². The van der Waals surface area contributed by atoms with E-state index in [9.17, 15) is 18.0 Å². The maximum absolute atomic E-state index is 12.3. The molecule has 1 amide bonds. The molecule has 17 heavy (non-hydrogen) atoms. The first-order chi connectivity index (χ1) is 7.87. The second-order valence-electron chi connectivity index (χ2n) is 4.13. The van der Waals surface area contributed by atoms with Crippen LogP contribution in [0.2, 0.25) is 0 Å². The lowest BCUT2D eigenvalue weighted by Crippen LogP contribution is -2.40. The van der Waals surface area contributed by atoms with Gasteiger partial charge < -0.3 is 15.6 Å². The van der Waals surface area contributed by atoms with Gasteiger partial charge in [0.25, 0.3) is 5.91 Å². The van der Waals surface area contributed by atoms with Gasteiger partial charge in [0.1, 0.15) is 12.2 Å². The molecule has 7 heteroatoms. The number of nitrogens with one attached hydrogen (secondary N) is 1. The van der Waals surface area contributed by atoms with Gasteiger partial charge in [0.15, 0.2) is 0 Å². The molecule has 1 aromatic heterocycles. The first-order valence-corrected chi connectivity index (χ1v) is 5.18.